The van der Waals surface area contributed by atoms with Crippen molar-refractivity contribution in [3.63, 3.8) is 0 Å². The van der Waals surface area contributed by atoms with Crippen LogP contribution in [0.15, 0.2) is 41.3 Å². The lowest BCUT2D eigenvalue weighted by atomic mass is 10.2. The number of aromatic nitrogens is 1. The van der Waals surface area contributed by atoms with Crippen molar-refractivity contribution < 1.29 is 22.7 Å². The molecular formula is C24H31N3O5S2. The molecule has 34 heavy (non-hydrogen) atoms. The van der Waals surface area contributed by atoms with E-state index < -0.39 is 10.0 Å². The van der Waals surface area contributed by atoms with Gasteiger partial charge in [-0.05, 0) is 63.1 Å². The number of carbonyl (C=O) groups is 1. The van der Waals surface area contributed by atoms with E-state index in [4.69, 9.17) is 9.47 Å². The molecule has 0 fully saturated rings. The molecule has 3 rings (SSSR count). The van der Waals surface area contributed by atoms with Crippen LogP contribution in [0.25, 0.3) is 10.2 Å². The SMILES string of the molecule is CCCN(CCC)S(=O)(=O)c1ccc2nc(NC(=O)c3ccc(OCC)c(OCC)c3)sc2c1. The Kier molecular flexibility index (Phi) is 8.87. The Bertz CT molecular complexity index is 1230. The van der Waals surface area contributed by atoms with E-state index in [0.29, 0.717) is 58.7 Å². The third kappa shape index (κ3) is 5.86. The summed E-state index contributed by atoms with van der Waals surface area (Å²) in [5, 5.41) is 3.19. The molecule has 1 aromatic heterocycles. The highest BCUT2D eigenvalue weighted by Gasteiger charge is 2.24. The second-order valence-corrected chi connectivity index (χ2v) is 10.5. The maximum Gasteiger partial charge on any atom is 0.257 e. The average Bonchev–Trinajstić information content (AvgIpc) is 3.21. The molecule has 0 aliphatic carbocycles. The fourth-order valence-corrected chi connectivity index (χ4v) is 6.11. The number of thiazole rings is 1. The molecule has 0 aliphatic heterocycles. The van der Waals surface area contributed by atoms with E-state index >= 15 is 0 Å². The van der Waals surface area contributed by atoms with E-state index in [1.165, 1.54) is 15.6 Å². The monoisotopic (exact) mass is 505 g/mol. The van der Waals surface area contributed by atoms with Gasteiger partial charge in [0.05, 0.1) is 28.3 Å². The molecule has 0 spiro atoms. The van der Waals surface area contributed by atoms with Crippen LogP contribution in [0.3, 0.4) is 0 Å². The molecule has 3 aromatic rings. The molecule has 0 unspecified atom stereocenters. The predicted octanol–water partition coefficient (Wildman–Crippen LogP) is 5.16. The minimum Gasteiger partial charge on any atom is -0.490 e. The number of nitrogens with one attached hydrogen (secondary N) is 1. The number of sulfonamides is 1. The Morgan fingerprint density at radius 2 is 1.65 bits per heavy atom. The van der Waals surface area contributed by atoms with E-state index in [1.54, 1.807) is 36.4 Å². The molecule has 1 amide bonds. The quantitative estimate of drug-likeness (QED) is 0.365. The van der Waals surface area contributed by atoms with Gasteiger partial charge in [0.1, 0.15) is 0 Å². The van der Waals surface area contributed by atoms with Gasteiger partial charge in [-0.3, -0.25) is 10.1 Å². The molecule has 8 nitrogen and oxygen atoms in total. The maximum atomic E-state index is 13.1. The summed E-state index contributed by atoms with van der Waals surface area (Å²) in [7, 11) is -3.59. The molecular weight excluding hydrogens is 474 g/mol. The lowest BCUT2D eigenvalue weighted by molar-refractivity contribution is 0.102. The van der Waals surface area contributed by atoms with E-state index in [9.17, 15) is 13.2 Å². The van der Waals surface area contributed by atoms with Gasteiger partial charge in [0, 0.05) is 18.7 Å². The maximum absolute atomic E-state index is 13.1. The third-order valence-corrected chi connectivity index (χ3v) is 7.80. The number of benzene rings is 2. The summed E-state index contributed by atoms with van der Waals surface area (Å²) in [6.45, 7) is 9.55. The first kappa shape index (κ1) is 25.9. The van der Waals surface area contributed by atoms with Crippen molar-refractivity contribution in [3.05, 3.63) is 42.0 Å². The zero-order chi connectivity index (χ0) is 24.7. The number of ether oxygens (including phenoxy) is 2. The van der Waals surface area contributed by atoms with Crippen LogP contribution in [0, 0.1) is 0 Å². The van der Waals surface area contributed by atoms with E-state index in [-0.39, 0.29) is 10.8 Å². The number of amides is 1. The second-order valence-electron chi connectivity index (χ2n) is 7.53. The smallest absolute Gasteiger partial charge is 0.257 e. The standard InChI is InChI=1S/C24H31N3O5S2/c1-5-13-27(14-6-2)34(29,30)18-10-11-19-22(16-18)33-24(25-19)26-23(28)17-9-12-20(31-7-3)21(15-17)32-8-4/h9-12,15-16H,5-8,13-14H2,1-4H3,(H,25,26,28). The van der Waals surface area contributed by atoms with E-state index in [1.807, 2.05) is 27.7 Å². The zero-order valence-electron chi connectivity index (χ0n) is 20.0. The molecule has 0 saturated heterocycles. The fourth-order valence-electron chi connectivity index (χ4n) is 3.48. The van der Waals surface area contributed by atoms with Crippen molar-refractivity contribution in [2.75, 3.05) is 31.6 Å². The van der Waals surface area contributed by atoms with Crippen LogP contribution in [0.5, 0.6) is 11.5 Å². The minimum atomic E-state index is -3.59. The van der Waals surface area contributed by atoms with Gasteiger partial charge in [0.25, 0.3) is 5.91 Å². The van der Waals surface area contributed by atoms with Crippen LogP contribution in [0.1, 0.15) is 50.9 Å². The molecule has 2 aromatic carbocycles. The van der Waals surface area contributed by atoms with Gasteiger partial charge < -0.3 is 9.47 Å². The van der Waals surface area contributed by atoms with Gasteiger partial charge >= 0.3 is 0 Å². The number of hydrogen-bond acceptors (Lipinski definition) is 7. The van der Waals surface area contributed by atoms with Gasteiger partial charge in [0.2, 0.25) is 10.0 Å². The highest BCUT2D eigenvalue weighted by molar-refractivity contribution is 7.89. The Morgan fingerprint density at radius 1 is 0.971 bits per heavy atom. The largest absolute Gasteiger partial charge is 0.490 e. The van der Waals surface area contributed by atoms with Crippen LogP contribution in [0.2, 0.25) is 0 Å². The minimum absolute atomic E-state index is 0.233. The highest BCUT2D eigenvalue weighted by Crippen LogP contribution is 2.31. The number of fused-ring (bicyclic) bond motifs is 1. The van der Waals surface area contributed by atoms with Crippen molar-refractivity contribution in [1.82, 2.24) is 9.29 Å². The first-order valence-electron chi connectivity index (χ1n) is 11.5. The summed E-state index contributed by atoms with van der Waals surface area (Å²) in [6.07, 6.45) is 1.49. The van der Waals surface area contributed by atoms with Crippen molar-refractivity contribution in [1.29, 1.82) is 0 Å². The Labute approximate surface area is 205 Å². The van der Waals surface area contributed by atoms with Crippen LogP contribution in [-0.4, -0.2) is 49.9 Å². The number of nitrogens with zero attached hydrogens (tertiary/aromatic N) is 2. The summed E-state index contributed by atoms with van der Waals surface area (Å²) in [4.78, 5) is 17.5. The van der Waals surface area contributed by atoms with E-state index in [0.717, 1.165) is 12.8 Å². The normalized spacial score (nSPS) is 11.7. The van der Waals surface area contributed by atoms with E-state index in [2.05, 4.69) is 10.3 Å². The zero-order valence-corrected chi connectivity index (χ0v) is 21.6. The Morgan fingerprint density at radius 3 is 2.29 bits per heavy atom. The van der Waals surface area contributed by atoms with Crippen molar-refractivity contribution >= 4 is 42.6 Å². The predicted molar refractivity (Wildman–Crippen MR) is 136 cm³/mol. The number of carbonyl (C=O) groups excluding carboxylic acids is 1. The average molecular weight is 506 g/mol. The summed E-state index contributed by atoms with van der Waals surface area (Å²) in [6, 6.07) is 9.88. The first-order valence-corrected chi connectivity index (χ1v) is 13.7. The van der Waals surface area contributed by atoms with Gasteiger partial charge in [-0.1, -0.05) is 25.2 Å². The molecule has 1 N–H and O–H groups in total. The van der Waals surface area contributed by atoms with Gasteiger partial charge in [-0.15, -0.1) is 0 Å². The molecule has 0 atom stereocenters. The fraction of sp³-hybridized carbons (Fsp3) is 0.417. The Balaban J connectivity index is 1.84. The van der Waals surface area contributed by atoms with Crippen LogP contribution < -0.4 is 14.8 Å². The number of rotatable bonds is 12. The van der Waals surface area contributed by atoms with Crippen molar-refractivity contribution in [2.24, 2.45) is 0 Å². The van der Waals surface area contributed by atoms with Crippen molar-refractivity contribution in [3.8, 4) is 11.5 Å². The lowest BCUT2D eigenvalue weighted by Gasteiger charge is -2.20. The van der Waals surface area contributed by atoms with Gasteiger partial charge in [-0.25, -0.2) is 13.4 Å². The van der Waals surface area contributed by atoms with Crippen LogP contribution in [-0.2, 0) is 10.0 Å². The molecule has 0 radical (unpaired) electrons. The lowest BCUT2D eigenvalue weighted by Crippen LogP contribution is -2.32. The topological polar surface area (TPSA) is 97.8 Å². The third-order valence-electron chi connectivity index (χ3n) is 4.97. The summed E-state index contributed by atoms with van der Waals surface area (Å²) in [5.74, 6) is 0.739. The van der Waals surface area contributed by atoms with Crippen LogP contribution in [0.4, 0.5) is 5.13 Å². The highest BCUT2D eigenvalue weighted by atomic mass is 32.2. The van der Waals surface area contributed by atoms with Gasteiger partial charge in [0.15, 0.2) is 16.6 Å². The second kappa shape index (κ2) is 11.6. The first-order chi connectivity index (χ1) is 16.3. The Hall–Kier alpha value is -2.69. The van der Waals surface area contributed by atoms with Crippen LogP contribution >= 0.6 is 11.3 Å². The number of anilines is 1. The molecule has 184 valence electrons. The molecule has 10 heteroatoms. The molecule has 0 aliphatic rings. The summed E-state index contributed by atoms with van der Waals surface area (Å²) >= 11 is 1.23. The molecule has 0 bridgehead atoms. The van der Waals surface area contributed by atoms with Gasteiger partial charge in [-0.2, -0.15) is 4.31 Å². The molecule has 0 saturated carbocycles. The summed E-state index contributed by atoms with van der Waals surface area (Å²) < 4.78 is 39.6. The van der Waals surface area contributed by atoms with Crippen molar-refractivity contribution in [2.45, 2.75) is 45.4 Å². The summed E-state index contributed by atoms with van der Waals surface area (Å²) in [5.41, 5.74) is 1.03. The molecule has 1 heterocycles. The number of hydrogen-bond donors (Lipinski definition) is 1.